The first-order chi connectivity index (χ1) is 12.3. The van der Waals surface area contributed by atoms with Crippen LogP contribution in [0.1, 0.15) is 5.56 Å². The summed E-state index contributed by atoms with van der Waals surface area (Å²) in [7, 11) is -2.88. The summed E-state index contributed by atoms with van der Waals surface area (Å²) in [6, 6.07) is 9.11. The van der Waals surface area contributed by atoms with Crippen LogP contribution in [0.4, 0.5) is 10.7 Å². The number of H-pyrrole nitrogens is 1. The SMILES string of the molecule is COC(=O)Nc1nc2ccc(OS(=O)(=O)c3cccc(C)c3Cl)cc2[nH]1. The van der Waals surface area contributed by atoms with Gasteiger partial charge in [-0.15, -0.1) is 0 Å². The highest BCUT2D eigenvalue weighted by atomic mass is 35.5. The van der Waals surface area contributed by atoms with E-state index in [0.717, 1.165) is 0 Å². The van der Waals surface area contributed by atoms with Crippen molar-refractivity contribution >= 4 is 44.8 Å². The smallest absolute Gasteiger partial charge is 0.413 e. The first-order valence-corrected chi connectivity index (χ1v) is 9.13. The van der Waals surface area contributed by atoms with Crippen molar-refractivity contribution < 1.29 is 22.1 Å². The first-order valence-electron chi connectivity index (χ1n) is 7.34. The molecule has 0 spiro atoms. The number of aryl methyl sites for hydroxylation is 1. The van der Waals surface area contributed by atoms with E-state index in [0.29, 0.717) is 16.6 Å². The van der Waals surface area contributed by atoms with Crippen molar-refractivity contribution in [2.45, 2.75) is 11.8 Å². The highest BCUT2D eigenvalue weighted by Gasteiger charge is 2.21. The summed E-state index contributed by atoms with van der Waals surface area (Å²) in [6.45, 7) is 1.70. The highest BCUT2D eigenvalue weighted by Crippen LogP contribution is 2.29. The Balaban J connectivity index is 1.91. The van der Waals surface area contributed by atoms with Crippen LogP contribution in [-0.2, 0) is 14.9 Å². The minimum atomic E-state index is -4.11. The Kier molecular flexibility index (Phi) is 4.75. The molecular weight excluding hydrogens is 382 g/mol. The molecule has 0 aliphatic rings. The van der Waals surface area contributed by atoms with E-state index >= 15 is 0 Å². The lowest BCUT2D eigenvalue weighted by Gasteiger charge is -2.09. The van der Waals surface area contributed by atoms with Gasteiger partial charge in [0.2, 0.25) is 5.95 Å². The van der Waals surface area contributed by atoms with Crippen LogP contribution >= 0.6 is 11.6 Å². The van der Waals surface area contributed by atoms with E-state index in [9.17, 15) is 13.2 Å². The third kappa shape index (κ3) is 3.58. The van der Waals surface area contributed by atoms with E-state index in [2.05, 4.69) is 20.0 Å². The molecule has 136 valence electrons. The number of methoxy groups -OCH3 is 1. The lowest BCUT2D eigenvalue weighted by atomic mass is 10.2. The summed E-state index contributed by atoms with van der Waals surface area (Å²) < 4.78 is 34.6. The molecule has 1 amide bonds. The molecule has 26 heavy (non-hydrogen) atoms. The van der Waals surface area contributed by atoms with Crippen molar-refractivity contribution in [2.24, 2.45) is 0 Å². The van der Waals surface area contributed by atoms with E-state index < -0.39 is 16.2 Å². The molecule has 0 unspecified atom stereocenters. The summed E-state index contributed by atoms with van der Waals surface area (Å²) in [5, 5.41) is 2.49. The van der Waals surface area contributed by atoms with Gasteiger partial charge in [-0.05, 0) is 30.7 Å². The van der Waals surface area contributed by atoms with Crippen LogP contribution in [0.5, 0.6) is 5.75 Å². The van der Waals surface area contributed by atoms with E-state index in [1.807, 2.05) is 0 Å². The fourth-order valence-electron chi connectivity index (χ4n) is 2.23. The number of nitrogens with one attached hydrogen (secondary N) is 2. The van der Waals surface area contributed by atoms with Gasteiger partial charge in [0.25, 0.3) is 0 Å². The van der Waals surface area contributed by atoms with E-state index in [1.165, 1.54) is 25.3 Å². The number of nitrogens with zero attached hydrogens (tertiary/aromatic N) is 1. The number of aromatic amines is 1. The molecule has 0 bridgehead atoms. The van der Waals surface area contributed by atoms with Crippen LogP contribution in [0, 0.1) is 6.92 Å². The Morgan fingerprint density at radius 1 is 1.27 bits per heavy atom. The Labute approximate surface area is 154 Å². The van der Waals surface area contributed by atoms with Crippen LogP contribution in [-0.4, -0.2) is 31.6 Å². The topological polar surface area (TPSA) is 110 Å². The number of halogens is 1. The molecule has 2 aromatic carbocycles. The second-order valence-electron chi connectivity index (χ2n) is 5.31. The van der Waals surface area contributed by atoms with Gasteiger partial charge in [-0.2, -0.15) is 8.42 Å². The number of imidazole rings is 1. The summed E-state index contributed by atoms with van der Waals surface area (Å²) in [5.74, 6) is 0.233. The van der Waals surface area contributed by atoms with Crippen molar-refractivity contribution in [1.29, 1.82) is 0 Å². The molecule has 10 heteroatoms. The molecule has 0 aliphatic carbocycles. The Morgan fingerprint density at radius 2 is 2.04 bits per heavy atom. The van der Waals surface area contributed by atoms with Crippen molar-refractivity contribution in [2.75, 3.05) is 12.4 Å². The van der Waals surface area contributed by atoms with Gasteiger partial charge in [0.1, 0.15) is 10.6 Å². The van der Waals surface area contributed by atoms with Crippen LogP contribution < -0.4 is 9.50 Å². The lowest BCUT2D eigenvalue weighted by Crippen LogP contribution is -2.11. The molecule has 1 aromatic heterocycles. The predicted octanol–water partition coefficient (Wildman–Crippen LogP) is 3.47. The van der Waals surface area contributed by atoms with E-state index in [1.54, 1.807) is 25.1 Å². The average Bonchev–Trinajstić information content (AvgIpc) is 2.98. The van der Waals surface area contributed by atoms with Gasteiger partial charge < -0.3 is 13.9 Å². The highest BCUT2D eigenvalue weighted by molar-refractivity contribution is 7.87. The first kappa shape index (κ1) is 18.0. The van der Waals surface area contributed by atoms with Gasteiger partial charge >= 0.3 is 16.2 Å². The van der Waals surface area contributed by atoms with Gasteiger partial charge in [-0.1, -0.05) is 23.7 Å². The van der Waals surface area contributed by atoms with Crippen molar-refractivity contribution in [3.63, 3.8) is 0 Å². The summed E-state index contributed by atoms with van der Waals surface area (Å²) in [6.07, 6.45) is -0.683. The summed E-state index contributed by atoms with van der Waals surface area (Å²) in [4.78, 5) is 18.1. The molecule has 0 saturated heterocycles. The number of amides is 1. The van der Waals surface area contributed by atoms with Gasteiger partial charge in [-0.25, -0.2) is 9.78 Å². The number of aromatic nitrogens is 2. The maximum Gasteiger partial charge on any atom is 0.413 e. The zero-order valence-electron chi connectivity index (χ0n) is 13.7. The molecule has 3 rings (SSSR count). The minimum absolute atomic E-state index is 0.0725. The van der Waals surface area contributed by atoms with Crippen molar-refractivity contribution in [1.82, 2.24) is 9.97 Å². The van der Waals surface area contributed by atoms with Gasteiger partial charge in [0.05, 0.1) is 23.2 Å². The zero-order valence-corrected chi connectivity index (χ0v) is 15.3. The molecule has 3 aromatic rings. The number of hydrogen-bond acceptors (Lipinski definition) is 6. The molecule has 2 N–H and O–H groups in total. The number of rotatable bonds is 4. The molecule has 0 radical (unpaired) electrons. The standard InChI is InChI=1S/C16H14ClN3O5S/c1-9-4-3-5-13(14(9)17)26(22,23)25-10-6-7-11-12(8-10)19-15(18-11)20-16(21)24-2/h3-8H,1-2H3,(H2,18,19,20,21). The predicted molar refractivity (Wildman–Crippen MR) is 96.1 cm³/mol. The third-order valence-electron chi connectivity index (χ3n) is 3.49. The van der Waals surface area contributed by atoms with Gasteiger partial charge in [-0.3, -0.25) is 5.32 Å². The normalized spacial score (nSPS) is 11.3. The van der Waals surface area contributed by atoms with Crippen molar-refractivity contribution in [3.8, 4) is 5.75 Å². The molecule has 0 saturated carbocycles. The number of anilines is 1. The van der Waals surface area contributed by atoms with Gasteiger partial charge in [0.15, 0.2) is 0 Å². The minimum Gasteiger partial charge on any atom is -0.453 e. The van der Waals surface area contributed by atoms with Crippen LogP contribution in [0.2, 0.25) is 5.02 Å². The number of carbonyl (C=O) groups is 1. The molecule has 8 nitrogen and oxygen atoms in total. The Bertz CT molecular complexity index is 1090. The molecule has 0 fully saturated rings. The largest absolute Gasteiger partial charge is 0.453 e. The average molecular weight is 396 g/mol. The number of hydrogen-bond donors (Lipinski definition) is 2. The molecular formula is C16H14ClN3O5S. The second kappa shape index (κ2) is 6.85. The fraction of sp³-hybridized carbons (Fsp3) is 0.125. The van der Waals surface area contributed by atoms with Crippen LogP contribution in [0.3, 0.4) is 0 Å². The number of ether oxygens (including phenoxy) is 1. The number of carbonyl (C=O) groups excluding carboxylic acids is 1. The number of benzene rings is 2. The zero-order chi connectivity index (χ0) is 18.9. The summed E-state index contributed by atoms with van der Waals surface area (Å²) >= 11 is 6.08. The molecule has 1 heterocycles. The fourth-order valence-corrected chi connectivity index (χ4v) is 3.71. The molecule has 0 atom stereocenters. The second-order valence-corrected chi connectivity index (χ2v) is 7.20. The quantitative estimate of drug-likeness (QED) is 0.654. The lowest BCUT2D eigenvalue weighted by molar-refractivity contribution is 0.186. The Hall–Kier alpha value is -2.78. The molecule has 0 aliphatic heterocycles. The maximum atomic E-state index is 12.5. The van der Waals surface area contributed by atoms with Crippen LogP contribution in [0.15, 0.2) is 41.3 Å². The maximum absolute atomic E-state index is 12.5. The van der Waals surface area contributed by atoms with Crippen LogP contribution in [0.25, 0.3) is 11.0 Å². The van der Waals surface area contributed by atoms with E-state index in [-0.39, 0.29) is 21.6 Å². The number of fused-ring (bicyclic) bond motifs is 1. The van der Waals surface area contributed by atoms with E-state index in [4.69, 9.17) is 15.8 Å². The summed E-state index contributed by atoms with van der Waals surface area (Å²) in [5.41, 5.74) is 1.60. The van der Waals surface area contributed by atoms with Gasteiger partial charge in [0, 0.05) is 6.07 Å². The Morgan fingerprint density at radius 3 is 2.77 bits per heavy atom. The third-order valence-corrected chi connectivity index (χ3v) is 5.40. The van der Waals surface area contributed by atoms with Crippen molar-refractivity contribution in [3.05, 3.63) is 47.0 Å². The monoisotopic (exact) mass is 395 g/mol.